The molecular weight excluding hydrogens is 375 g/mol. The molecule has 0 unspecified atom stereocenters. The zero-order valence-electron chi connectivity index (χ0n) is 14.6. The number of carbonyl (C=O) groups is 2. The molecule has 0 atom stereocenters. The van der Waals surface area contributed by atoms with Crippen LogP contribution in [0.15, 0.2) is 36.5 Å². The Hall–Kier alpha value is -2.15. The Morgan fingerprint density at radius 3 is 2.46 bits per heavy atom. The van der Waals surface area contributed by atoms with Crippen LogP contribution in [0.1, 0.15) is 27.3 Å². The number of hydrogen-bond acceptors (Lipinski definition) is 4. The van der Waals surface area contributed by atoms with Gasteiger partial charge in [0.2, 0.25) is 0 Å². The molecule has 0 bridgehead atoms. The van der Waals surface area contributed by atoms with Crippen LogP contribution in [0.3, 0.4) is 0 Å². The Labute approximate surface area is 162 Å². The molecule has 2 N–H and O–H groups in total. The van der Waals surface area contributed by atoms with Gasteiger partial charge in [0.15, 0.2) is 0 Å². The van der Waals surface area contributed by atoms with Crippen molar-refractivity contribution in [2.75, 3.05) is 32.5 Å². The fraction of sp³-hybridized carbons (Fsp3) is 0.278. The van der Waals surface area contributed by atoms with Crippen LogP contribution in [-0.2, 0) is 0 Å². The second-order valence-corrected chi connectivity index (χ2v) is 6.71. The number of amides is 2. The van der Waals surface area contributed by atoms with Gasteiger partial charge in [-0.05, 0) is 51.3 Å². The number of benzene rings is 1. The highest BCUT2D eigenvalue weighted by Gasteiger charge is 2.14. The molecular formula is C18H20Cl2N4O2. The monoisotopic (exact) mass is 394 g/mol. The molecule has 2 rings (SSSR count). The van der Waals surface area contributed by atoms with Gasteiger partial charge in [-0.2, -0.15) is 0 Å². The highest BCUT2D eigenvalue weighted by atomic mass is 35.5. The summed E-state index contributed by atoms with van der Waals surface area (Å²) in [5.74, 6) is -0.752. The minimum atomic E-state index is -0.427. The second-order valence-electron chi connectivity index (χ2n) is 5.89. The number of rotatable bonds is 7. The van der Waals surface area contributed by atoms with Crippen molar-refractivity contribution in [1.29, 1.82) is 0 Å². The molecule has 6 nitrogen and oxygen atoms in total. The number of carbonyl (C=O) groups excluding carboxylic acids is 2. The van der Waals surface area contributed by atoms with E-state index in [9.17, 15) is 9.59 Å². The number of nitrogens with one attached hydrogen (secondary N) is 2. The molecule has 8 heteroatoms. The summed E-state index contributed by atoms with van der Waals surface area (Å²) in [6.45, 7) is 1.40. The summed E-state index contributed by atoms with van der Waals surface area (Å²) in [6.07, 6.45) is 2.24. The summed E-state index contributed by atoms with van der Waals surface area (Å²) in [7, 11) is 3.94. The summed E-state index contributed by atoms with van der Waals surface area (Å²) in [4.78, 5) is 30.7. The maximum Gasteiger partial charge on any atom is 0.269 e. The molecule has 0 spiro atoms. The van der Waals surface area contributed by atoms with Crippen molar-refractivity contribution in [1.82, 2.24) is 15.2 Å². The molecule has 0 aliphatic heterocycles. The molecule has 0 saturated carbocycles. The molecule has 2 aromatic rings. The van der Waals surface area contributed by atoms with Gasteiger partial charge in [0.05, 0.1) is 15.7 Å². The van der Waals surface area contributed by atoms with Crippen LogP contribution in [-0.4, -0.2) is 48.9 Å². The maximum atomic E-state index is 12.4. The number of pyridine rings is 1. The first kappa shape index (κ1) is 20.2. The Kier molecular flexibility index (Phi) is 7.38. The average molecular weight is 395 g/mol. The van der Waals surface area contributed by atoms with Crippen LogP contribution in [0.25, 0.3) is 0 Å². The average Bonchev–Trinajstić information content (AvgIpc) is 2.61. The summed E-state index contributed by atoms with van der Waals surface area (Å²) in [5, 5.41) is 6.11. The molecule has 1 heterocycles. The fourth-order valence-corrected chi connectivity index (χ4v) is 2.68. The molecule has 0 radical (unpaired) electrons. The third-order valence-electron chi connectivity index (χ3n) is 3.52. The lowest BCUT2D eigenvalue weighted by molar-refractivity contribution is 0.0947. The molecule has 1 aromatic heterocycles. The van der Waals surface area contributed by atoms with E-state index in [1.807, 2.05) is 19.0 Å². The quantitative estimate of drug-likeness (QED) is 0.706. The van der Waals surface area contributed by atoms with Gasteiger partial charge in [0.1, 0.15) is 5.69 Å². The predicted molar refractivity (Wildman–Crippen MR) is 104 cm³/mol. The van der Waals surface area contributed by atoms with E-state index < -0.39 is 5.91 Å². The van der Waals surface area contributed by atoms with Crippen molar-refractivity contribution in [2.24, 2.45) is 0 Å². The first-order valence-corrected chi connectivity index (χ1v) is 8.78. The lowest BCUT2D eigenvalue weighted by atomic mass is 10.2. The van der Waals surface area contributed by atoms with Gasteiger partial charge in [-0.15, -0.1) is 0 Å². The third kappa shape index (κ3) is 5.69. The van der Waals surface area contributed by atoms with E-state index in [1.54, 1.807) is 18.2 Å². The SMILES string of the molecule is CN(C)CCCNC(=O)c1cc(C(=O)Nc2c(Cl)cccc2Cl)ccn1. The molecule has 0 fully saturated rings. The second kappa shape index (κ2) is 9.52. The van der Waals surface area contributed by atoms with Crippen molar-refractivity contribution >= 4 is 40.7 Å². The van der Waals surface area contributed by atoms with E-state index in [-0.39, 0.29) is 17.2 Å². The van der Waals surface area contributed by atoms with E-state index >= 15 is 0 Å². The van der Waals surface area contributed by atoms with Crippen molar-refractivity contribution in [3.63, 3.8) is 0 Å². The topological polar surface area (TPSA) is 74.3 Å². The van der Waals surface area contributed by atoms with E-state index in [4.69, 9.17) is 23.2 Å². The first-order chi connectivity index (χ1) is 12.4. The van der Waals surface area contributed by atoms with Crippen molar-refractivity contribution in [3.8, 4) is 0 Å². The summed E-state index contributed by atoms with van der Waals surface area (Å²) in [5.41, 5.74) is 0.787. The van der Waals surface area contributed by atoms with Gasteiger partial charge >= 0.3 is 0 Å². The zero-order valence-corrected chi connectivity index (χ0v) is 16.1. The molecule has 0 saturated heterocycles. The van der Waals surface area contributed by atoms with Crippen LogP contribution in [0.4, 0.5) is 5.69 Å². The lowest BCUT2D eigenvalue weighted by Gasteiger charge is -2.11. The van der Waals surface area contributed by atoms with Crippen LogP contribution < -0.4 is 10.6 Å². The number of para-hydroxylation sites is 1. The van der Waals surface area contributed by atoms with E-state index in [2.05, 4.69) is 15.6 Å². The van der Waals surface area contributed by atoms with E-state index in [0.29, 0.717) is 22.3 Å². The highest BCUT2D eigenvalue weighted by Crippen LogP contribution is 2.30. The van der Waals surface area contributed by atoms with Gasteiger partial charge in [0, 0.05) is 18.3 Å². The summed E-state index contributed by atoms with van der Waals surface area (Å²) >= 11 is 12.1. The number of hydrogen-bond donors (Lipinski definition) is 2. The van der Waals surface area contributed by atoms with Crippen LogP contribution in [0.2, 0.25) is 10.0 Å². The van der Waals surface area contributed by atoms with Crippen molar-refractivity contribution in [3.05, 3.63) is 57.8 Å². The Morgan fingerprint density at radius 1 is 1.12 bits per heavy atom. The molecule has 2 amide bonds. The van der Waals surface area contributed by atoms with Crippen LogP contribution >= 0.6 is 23.2 Å². The third-order valence-corrected chi connectivity index (χ3v) is 4.15. The molecule has 138 valence electrons. The smallest absolute Gasteiger partial charge is 0.269 e. The fourth-order valence-electron chi connectivity index (χ4n) is 2.19. The molecule has 0 aliphatic rings. The maximum absolute atomic E-state index is 12.4. The van der Waals surface area contributed by atoms with Gasteiger partial charge < -0.3 is 15.5 Å². The number of halogens is 2. The summed E-state index contributed by atoms with van der Waals surface area (Å²) in [6, 6.07) is 7.89. The Balaban J connectivity index is 2.03. The zero-order chi connectivity index (χ0) is 19.1. The molecule has 0 aliphatic carbocycles. The van der Waals surface area contributed by atoms with Gasteiger partial charge in [-0.1, -0.05) is 29.3 Å². The van der Waals surface area contributed by atoms with Gasteiger partial charge in [-0.3, -0.25) is 14.6 Å². The Morgan fingerprint density at radius 2 is 1.81 bits per heavy atom. The largest absolute Gasteiger partial charge is 0.351 e. The van der Waals surface area contributed by atoms with Crippen molar-refractivity contribution < 1.29 is 9.59 Å². The standard InChI is InChI=1S/C18H20Cl2N4O2/c1-24(2)10-4-8-22-18(26)15-11-12(7-9-21-15)17(25)23-16-13(19)5-3-6-14(16)20/h3,5-7,9,11H,4,8,10H2,1-2H3,(H,22,26)(H,23,25). The normalized spacial score (nSPS) is 10.7. The van der Waals surface area contributed by atoms with Gasteiger partial charge in [-0.25, -0.2) is 0 Å². The first-order valence-electron chi connectivity index (χ1n) is 8.03. The van der Waals surface area contributed by atoms with Crippen molar-refractivity contribution in [2.45, 2.75) is 6.42 Å². The minimum absolute atomic E-state index is 0.174. The van der Waals surface area contributed by atoms with Gasteiger partial charge in [0.25, 0.3) is 11.8 Å². The molecule has 1 aromatic carbocycles. The Bertz CT molecular complexity index is 776. The molecule has 26 heavy (non-hydrogen) atoms. The van der Waals surface area contributed by atoms with Crippen LogP contribution in [0.5, 0.6) is 0 Å². The highest BCUT2D eigenvalue weighted by molar-refractivity contribution is 6.40. The van der Waals surface area contributed by atoms with Crippen LogP contribution in [0, 0.1) is 0 Å². The van der Waals surface area contributed by atoms with E-state index in [0.717, 1.165) is 13.0 Å². The minimum Gasteiger partial charge on any atom is -0.351 e. The number of anilines is 1. The number of nitrogens with zero attached hydrogens (tertiary/aromatic N) is 2. The van der Waals surface area contributed by atoms with E-state index in [1.165, 1.54) is 18.3 Å². The number of aromatic nitrogens is 1. The lowest BCUT2D eigenvalue weighted by Crippen LogP contribution is -2.28. The summed E-state index contributed by atoms with van der Waals surface area (Å²) < 4.78 is 0. The predicted octanol–water partition coefficient (Wildman–Crippen LogP) is 3.32.